The van der Waals surface area contributed by atoms with Crippen LogP contribution in [0, 0.1) is 0 Å². The molecule has 0 unspecified atom stereocenters. The van der Waals surface area contributed by atoms with Crippen LogP contribution in [-0.2, 0) is 13.1 Å². The molecule has 3 rings (SSSR count). The van der Waals surface area contributed by atoms with Gasteiger partial charge in [-0.2, -0.15) is 0 Å². The molecule has 0 atom stereocenters. The highest BCUT2D eigenvalue weighted by atomic mass is 15.2. The smallest absolute Gasteiger partial charge is 0.136 e. The molecule has 0 saturated carbocycles. The van der Waals surface area contributed by atoms with Crippen molar-refractivity contribution in [1.29, 1.82) is 0 Å². The van der Waals surface area contributed by atoms with Crippen LogP contribution >= 0.6 is 0 Å². The van der Waals surface area contributed by atoms with Gasteiger partial charge in [0.1, 0.15) is 12.1 Å². The maximum atomic E-state index is 4.49. The number of hydrogen-bond acceptors (Lipinski definition) is 4. The van der Waals surface area contributed by atoms with Gasteiger partial charge >= 0.3 is 0 Å². The molecular weight excluding hydrogens is 200 g/mol. The maximum absolute atomic E-state index is 4.49. The van der Waals surface area contributed by atoms with Crippen molar-refractivity contribution in [2.45, 2.75) is 38.8 Å². The van der Waals surface area contributed by atoms with Crippen molar-refractivity contribution in [3.05, 3.63) is 17.6 Å². The summed E-state index contributed by atoms with van der Waals surface area (Å²) in [4.78, 5) is 11.3. The Morgan fingerprint density at radius 1 is 1.00 bits per heavy atom. The Morgan fingerprint density at radius 3 is 2.62 bits per heavy atom. The van der Waals surface area contributed by atoms with E-state index in [9.17, 15) is 0 Å². The van der Waals surface area contributed by atoms with Crippen LogP contribution in [0.15, 0.2) is 6.33 Å². The highest BCUT2D eigenvalue weighted by molar-refractivity contribution is 5.50. The Labute approximate surface area is 96.1 Å². The molecule has 0 spiro atoms. The van der Waals surface area contributed by atoms with Crippen LogP contribution in [0.2, 0.25) is 0 Å². The SMILES string of the molecule is c1nc2c(c(N3CCCCCC3)n1)CNC2. The van der Waals surface area contributed by atoms with E-state index >= 15 is 0 Å². The quantitative estimate of drug-likeness (QED) is 0.775. The lowest BCUT2D eigenvalue weighted by molar-refractivity contribution is 0.726. The molecule has 3 heterocycles. The summed E-state index contributed by atoms with van der Waals surface area (Å²) in [6, 6.07) is 0. The van der Waals surface area contributed by atoms with Crippen molar-refractivity contribution in [3.63, 3.8) is 0 Å². The fourth-order valence-electron chi connectivity index (χ4n) is 2.63. The molecule has 1 aromatic heterocycles. The Hall–Kier alpha value is -1.16. The van der Waals surface area contributed by atoms with E-state index in [-0.39, 0.29) is 0 Å². The van der Waals surface area contributed by atoms with Gasteiger partial charge in [0, 0.05) is 31.7 Å². The first kappa shape index (κ1) is 10.0. The van der Waals surface area contributed by atoms with E-state index in [1.807, 2.05) is 0 Å². The highest BCUT2D eigenvalue weighted by Crippen LogP contribution is 2.25. The summed E-state index contributed by atoms with van der Waals surface area (Å²) < 4.78 is 0. The van der Waals surface area contributed by atoms with Crippen LogP contribution in [0.4, 0.5) is 5.82 Å². The van der Waals surface area contributed by atoms with E-state index in [1.165, 1.54) is 42.8 Å². The molecule has 1 saturated heterocycles. The van der Waals surface area contributed by atoms with E-state index in [2.05, 4.69) is 20.2 Å². The summed E-state index contributed by atoms with van der Waals surface area (Å²) in [6.45, 7) is 4.15. The van der Waals surface area contributed by atoms with Crippen LogP contribution < -0.4 is 10.2 Å². The molecule has 0 radical (unpaired) electrons. The zero-order valence-electron chi connectivity index (χ0n) is 9.58. The molecule has 4 nitrogen and oxygen atoms in total. The lowest BCUT2D eigenvalue weighted by Crippen LogP contribution is -2.26. The lowest BCUT2D eigenvalue weighted by atomic mass is 10.2. The summed E-state index contributed by atoms with van der Waals surface area (Å²) in [5, 5.41) is 3.35. The highest BCUT2D eigenvalue weighted by Gasteiger charge is 2.21. The Kier molecular flexibility index (Phi) is 2.74. The second-order valence-corrected chi connectivity index (χ2v) is 4.63. The average molecular weight is 218 g/mol. The van der Waals surface area contributed by atoms with Gasteiger partial charge in [0.2, 0.25) is 0 Å². The number of nitrogens with one attached hydrogen (secondary N) is 1. The molecule has 0 aliphatic carbocycles. The fourth-order valence-corrected chi connectivity index (χ4v) is 2.63. The number of rotatable bonds is 1. The van der Waals surface area contributed by atoms with Gasteiger partial charge in [-0.3, -0.25) is 0 Å². The van der Waals surface area contributed by atoms with E-state index < -0.39 is 0 Å². The maximum Gasteiger partial charge on any atom is 0.136 e. The first-order chi connectivity index (χ1) is 7.95. The third kappa shape index (κ3) is 1.78. The molecule has 1 aromatic rings. The summed E-state index contributed by atoms with van der Waals surface area (Å²) in [6.07, 6.45) is 7.04. The van der Waals surface area contributed by atoms with Gasteiger partial charge in [-0.15, -0.1) is 0 Å². The van der Waals surface area contributed by atoms with Crippen LogP contribution in [0.5, 0.6) is 0 Å². The van der Waals surface area contributed by atoms with Gasteiger partial charge in [-0.1, -0.05) is 12.8 Å². The minimum Gasteiger partial charge on any atom is -0.356 e. The minimum atomic E-state index is 0.901. The summed E-state index contributed by atoms with van der Waals surface area (Å²) in [7, 11) is 0. The van der Waals surface area contributed by atoms with Gasteiger partial charge in [0.15, 0.2) is 0 Å². The molecule has 2 aliphatic rings. The molecule has 1 N–H and O–H groups in total. The molecule has 0 amide bonds. The average Bonchev–Trinajstić information content (AvgIpc) is 2.63. The molecule has 4 heteroatoms. The topological polar surface area (TPSA) is 41.1 Å². The Balaban J connectivity index is 1.90. The summed E-state index contributed by atoms with van der Waals surface area (Å²) in [5.74, 6) is 1.18. The fraction of sp³-hybridized carbons (Fsp3) is 0.667. The van der Waals surface area contributed by atoms with Crippen molar-refractivity contribution >= 4 is 5.82 Å². The van der Waals surface area contributed by atoms with E-state index in [0.717, 1.165) is 26.2 Å². The third-order valence-corrected chi connectivity index (χ3v) is 3.51. The summed E-state index contributed by atoms with van der Waals surface area (Å²) in [5.41, 5.74) is 2.51. The predicted molar refractivity (Wildman–Crippen MR) is 63.3 cm³/mol. The minimum absolute atomic E-state index is 0.901. The van der Waals surface area contributed by atoms with Crippen LogP contribution in [0.25, 0.3) is 0 Å². The second kappa shape index (κ2) is 4.37. The number of hydrogen-bond donors (Lipinski definition) is 1. The number of fused-ring (bicyclic) bond motifs is 1. The summed E-state index contributed by atoms with van der Waals surface area (Å²) >= 11 is 0. The molecule has 86 valence electrons. The van der Waals surface area contributed by atoms with Crippen LogP contribution in [0.1, 0.15) is 36.9 Å². The van der Waals surface area contributed by atoms with Crippen molar-refractivity contribution in [2.24, 2.45) is 0 Å². The van der Waals surface area contributed by atoms with Crippen LogP contribution in [-0.4, -0.2) is 23.1 Å². The zero-order chi connectivity index (χ0) is 10.8. The zero-order valence-corrected chi connectivity index (χ0v) is 9.58. The first-order valence-corrected chi connectivity index (χ1v) is 6.23. The number of aromatic nitrogens is 2. The molecule has 0 bridgehead atoms. The second-order valence-electron chi connectivity index (χ2n) is 4.63. The van der Waals surface area contributed by atoms with Crippen molar-refractivity contribution < 1.29 is 0 Å². The first-order valence-electron chi connectivity index (χ1n) is 6.23. The van der Waals surface area contributed by atoms with Crippen molar-refractivity contribution in [3.8, 4) is 0 Å². The van der Waals surface area contributed by atoms with Gasteiger partial charge < -0.3 is 10.2 Å². The van der Waals surface area contributed by atoms with Gasteiger partial charge in [-0.25, -0.2) is 9.97 Å². The predicted octanol–water partition coefficient (Wildman–Crippen LogP) is 1.46. The monoisotopic (exact) mass is 218 g/mol. The van der Waals surface area contributed by atoms with Gasteiger partial charge in [-0.05, 0) is 12.8 Å². The third-order valence-electron chi connectivity index (χ3n) is 3.51. The largest absolute Gasteiger partial charge is 0.356 e. The van der Waals surface area contributed by atoms with E-state index in [4.69, 9.17) is 0 Å². The van der Waals surface area contributed by atoms with Gasteiger partial charge in [0.05, 0.1) is 5.69 Å². The molecule has 1 fully saturated rings. The van der Waals surface area contributed by atoms with Crippen molar-refractivity contribution in [1.82, 2.24) is 15.3 Å². The number of nitrogens with zero attached hydrogens (tertiary/aromatic N) is 3. The van der Waals surface area contributed by atoms with E-state index in [0.29, 0.717) is 0 Å². The molecule has 0 aromatic carbocycles. The number of anilines is 1. The van der Waals surface area contributed by atoms with Gasteiger partial charge in [0.25, 0.3) is 0 Å². The Morgan fingerprint density at radius 2 is 1.81 bits per heavy atom. The molecule has 16 heavy (non-hydrogen) atoms. The molecule has 2 aliphatic heterocycles. The van der Waals surface area contributed by atoms with Crippen molar-refractivity contribution in [2.75, 3.05) is 18.0 Å². The Bertz CT molecular complexity index is 369. The normalized spacial score (nSPS) is 20.6. The lowest BCUT2D eigenvalue weighted by Gasteiger charge is -2.23. The standard InChI is InChI=1S/C12H18N4/c1-2-4-6-16(5-3-1)12-10-7-13-8-11(10)14-9-15-12/h9,13H,1-8H2. The van der Waals surface area contributed by atoms with E-state index in [1.54, 1.807) is 6.33 Å². The molecular formula is C12H18N4. The van der Waals surface area contributed by atoms with Crippen LogP contribution in [0.3, 0.4) is 0 Å².